The van der Waals surface area contributed by atoms with Crippen molar-refractivity contribution in [2.24, 2.45) is 0 Å². The standard InChI is InChI=1S/C19H20O.C3H8/c1-7-16-19(14(6)12(2)3)18(13(4)5)15-10-8-9-11-17(15)20-16;1-3-2/h7-11H,1-2,6H2,3-5H3;3H2,1-2H3. The van der Waals surface area contributed by atoms with Gasteiger partial charge in [0.2, 0.25) is 0 Å². The predicted octanol–water partition coefficient (Wildman–Crippen LogP) is 6.86. The van der Waals surface area contributed by atoms with Crippen molar-refractivity contribution >= 4 is 5.57 Å². The molecule has 1 aliphatic heterocycles. The van der Waals surface area contributed by atoms with Gasteiger partial charge in [0.25, 0.3) is 0 Å². The second kappa shape index (κ2) is 8.38. The van der Waals surface area contributed by atoms with Gasteiger partial charge in [-0.05, 0) is 44.1 Å². The number of benzene rings is 1. The topological polar surface area (TPSA) is 9.23 Å². The predicted molar refractivity (Wildman–Crippen MR) is 102 cm³/mol. The fourth-order valence-electron chi connectivity index (χ4n) is 2.37. The molecule has 0 unspecified atom stereocenters. The molecular weight excluding hydrogens is 280 g/mol. The van der Waals surface area contributed by atoms with E-state index in [-0.39, 0.29) is 0 Å². The van der Waals surface area contributed by atoms with Crippen LogP contribution in [0, 0.1) is 0 Å². The van der Waals surface area contributed by atoms with E-state index in [9.17, 15) is 0 Å². The summed E-state index contributed by atoms with van der Waals surface area (Å²) in [7, 11) is 0. The first-order chi connectivity index (χ1) is 10.9. The average Bonchev–Trinajstić information content (AvgIpc) is 2.52. The first-order valence-corrected chi connectivity index (χ1v) is 8.05. The Balaban J connectivity index is 0.000000816. The van der Waals surface area contributed by atoms with Crippen LogP contribution < -0.4 is 4.74 Å². The van der Waals surface area contributed by atoms with Crippen molar-refractivity contribution in [3.05, 3.63) is 83.7 Å². The summed E-state index contributed by atoms with van der Waals surface area (Å²) < 4.78 is 5.97. The molecule has 1 heteroatoms. The first kappa shape index (κ1) is 18.8. The summed E-state index contributed by atoms with van der Waals surface area (Å²) in [6.07, 6.45) is 2.99. The van der Waals surface area contributed by atoms with Crippen LogP contribution in [0.15, 0.2) is 78.1 Å². The van der Waals surface area contributed by atoms with Gasteiger partial charge in [0.15, 0.2) is 0 Å². The summed E-state index contributed by atoms with van der Waals surface area (Å²) in [5.41, 5.74) is 6.29. The monoisotopic (exact) mass is 308 g/mol. The molecule has 0 N–H and O–H groups in total. The second-order valence-corrected chi connectivity index (χ2v) is 5.88. The number of ether oxygens (including phenoxy) is 1. The van der Waals surface area contributed by atoms with Crippen LogP contribution in [0.5, 0.6) is 5.75 Å². The largest absolute Gasteiger partial charge is 0.456 e. The van der Waals surface area contributed by atoms with Gasteiger partial charge in [0.05, 0.1) is 0 Å². The molecule has 0 saturated carbocycles. The summed E-state index contributed by atoms with van der Waals surface area (Å²) in [5.74, 6) is 1.60. The molecule has 23 heavy (non-hydrogen) atoms. The van der Waals surface area contributed by atoms with Crippen molar-refractivity contribution in [1.29, 1.82) is 0 Å². The number of fused-ring (bicyclic) bond motifs is 1. The fraction of sp³-hybridized carbons (Fsp3) is 0.273. The Hall–Kier alpha value is -2.28. The van der Waals surface area contributed by atoms with Crippen LogP contribution in [0.25, 0.3) is 5.57 Å². The number of allylic oxidation sites excluding steroid dienone is 6. The first-order valence-electron chi connectivity index (χ1n) is 8.05. The lowest BCUT2D eigenvalue weighted by molar-refractivity contribution is 0.435. The van der Waals surface area contributed by atoms with E-state index in [1.807, 2.05) is 25.1 Å². The lowest BCUT2D eigenvalue weighted by Gasteiger charge is -2.27. The van der Waals surface area contributed by atoms with E-state index in [4.69, 9.17) is 4.74 Å². The van der Waals surface area contributed by atoms with E-state index >= 15 is 0 Å². The SMILES string of the molecule is C=CC1=C(C(=C)C(=C)C)C(=C(C)C)c2ccccc2O1.CCC. The zero-order valence-electron chi connectivity index (χ0n) is 15.1. The number of hydrogen-bond acceptors (Lipinski definition) is 1. The van der Waals surface area contributed by atoms with E-state index in [2.05, 4.69) is 53.5 Å². The van der Waals surface area contributed by atoms with Gasteiger partial charge < -0.3 is 4.74 Å². The third-order valence-corrected chi connectivity index (χ3v) is 3.38. The molecule has 1 aromatic carbocycles. The van der Waals surface area contributed by atoms with E-state index < -0.39 is 0 Å². The van der Waals surface area contributed by atoms with Gasteiger partial charge >= 0.3 is 0 Å². The highest BCUT2D eigenvalue weighted by Crippen LogP contribution is 2.44. The number of rotatable bonds is 3. The Morgan fingerprint density at radius 1 is 1.09 bits per heavy atom. The Bertz CT molecular complexity index is 680. The van der Waals surface area contributed by atoms with Crippen LogP contribution >= 0.6 is 0 Å². The van der Waals surface area contributed by atoms with Crippen LogP contribution in [0.4, 0.5) is 0 Å². The van der Waals surface area contributed by atoms with E-state index in [0.29, 0.717) is 0 Å². The lowest BCUT2D eigenvalue weighted by atomic mass is 9.85. The van der Waals surface area contributed by atoms with Crippen LogP contribution in [0.1, 0.15) is 46.6 Å². The zero-order valence-corrected chi connectivity index (χ0v) is 15.1. The molecule has 2 rings (SSSR count). The Morgan fingerprint density at radius 2 is 1.65 bits per heavy atom. The van der Waals surface area contributed by atoms with Crippen molar-refractivity contribution in [3.8, 4) is 5.75 Å². The molecule has 1 aliphatic rings. The second-order valence-electron chi connectivity index (χ2n) is 5.88. The third kappa shape index (κ3) is 4.13. The third-order valence-electron chi connectivity index (χ3n) is 3.38. The molecule has 122 valence electrons. The molecule has 0 amide bonds. The molecule has 1 heterocycles. The van der Waals surface area contributed by atoms with Gasteiger partial charge in [-0.2, -0.15) is 0 Å². The number of para-hydroxylation sites is 1. The van der Waals surface area contributed by atoms with Gasteiger partial charge in [-0.15, -0.1) is 0 Å². The van der Waals surface area contributed by atoms with E-state index in [1.54, 1.807) is 6.08 Å². The van der Waals surface area contributed by atoms with Gasteiger partial charge in [-0.25, -0.2) is 0 Å². The maximum Gasteiger partial charge on any atom is 0.135 e. The Labute approximate surface area is 141 Å². The van der Waals surface area contributed by atoms with E-state index in [0.717, 1.165) is 39.4 Å². The highest BCUT2D eigenvalue weighted by atomic mass is 16.5. The quantitative estimate of drug-likeness (QED) is 0.554. The summed E-state index contributed by atoms with van der Waals surface area (Å²) in [6.45, 7) is 22.4. The highest BCUT2D eigenvalue weighted by molar-refractivity contribution is 5.91. The fourth-order valence-corrected chi connectivity index (χ4v) is 2.37. The molecule has 0 atom stereocenters. The van der Waals surface area contributed by atoms with Crippen LogP contribution in [-0.2, 0) is 0 Å². The van der Waals surface area contributed by atoms with Crippen molar-refractivity contribution in [2.45, 2.75) is 41.0 Å². The molecular formula is C22H28O. The minimum atomic E-state index is 0.743. The maximum atomic E-state index is 5.97. The van der Waals surface area contributed by atoms with Gasteiger partial charge in [0, 0.05) is 11.1 Å². The van der Waals surface area contributed by atoms with Gasteiger partial charge in [0.1, 0.15) is 11.5 Å². The normalized spacial score (nSPS) is 12.5. The van der Waals surface area contributed by atoms with Gasteiger partial charge in [-0.1, -0.05) is 69.4 Å². The summed E-state index contributed by atoms with van der Waals surface area (Å²) in [5, 5.41) is 0. The minimum Gasteiger partial charge on any atom is -0.456 e. The summed E-state index contributed by atoms with van der Waals surface area (Å²) >= 11 is 0. The van der Waals surface area contributed by atoms with Crippen molar-refractivity contribution in [1.82, 2.24) is 0 Å². The molecule has 0 aliphatic carbocycles. The van der Waals surface area contributed by atoms with Crippen molar-refractivity contribution in [2.75, 3.05) is 0 Å². The maximum absolute atomic E-state index is 5.97. The van der Waals surface area contributed by atoms with Crippen LogP contribution in [0.2, 0.25) is 0 Å². The average molecular weight is 308 g/mol. The summed E-state index contributed by atoms with van der Waals surface area (Å²) in [6, 6.07) is 8.04. The van der Waals surface area contributed by atoms with Gasteiger partial charge in [-0.3, -0.25) is 0 Å². The molecule has 1 nitrogen and oxygen atoms in total. The molecule has 0 saturated heterocycles. The minimum absolute atomic E-state index is 0.743. The van der Waals surface area contributed by atoms with Crippen LogP contribution in [0.3, 0.4) is 0 Å². The smallest absolute Gasteiger partial charge is 0.135 e. The molecule has 0 fully saturated rings. The lowest BCUT2D eigenvalue weighted by Crippen LogP contribution is -2.11. The zero-order chi connectivity index (χ0) is 17.6. The molecule has 0 spiro atoms. The van der Waals surface area contributed by atoms with E-state index in [1.165, 1.54) is 12.0 Å². The van der Waals surface area contributed by atoms with Crippen molar-refractivity contribution < 1.29 is 4.74 Å². The molecule has 0 radical (unpaired) electrons. The summed E-state index contributed by atoms with van der Waals surface area (Å²) in [4.78, 5) is 0. The molecule has 0 aromatic heterocycles. The van der Waals surface area contributed by atoms with Crippen molar-refractivity contribution in [3.63, 3.8) is 0 Å². The van der Waals surface area contributed by atoms with Crippen LogP contribution in [-0.4, -0.2) is 0 Å². The highest BCUT2D eigenvalue weighted by Gasteiger charge is 2.25. The Morgan fingerprint density at radius 3 is 2.13 bits per heavy atom. The molecule has 0 bridgehead atoms. The Kier molecular flexibility index (Phi) is 6.84. The molecule has 1 aromatic rings. The number of hydrogen-bond donors (Lipinski definition) is 0.